The lowest BCUT2D eigenvalue weighted by Crippen LogP contribution is -2.23. The van der Waals surface area contributed by atoms with E-state index in [9.17, 15) is 9.18 Å². The van der Waals surface area contributed by atoms with Crippen LogP contribution in [0.25, 0.3) is 11.3 Å². The average Bonchev–Trinajstić information content (AvgIpc) is 2.37. The maximum Gasteiger partial charge on any atom is 0.338 e. The van der Waals surface area contributed by atoms with Crippen molar-refractivity contribution < 1.29 is 13.9 Å². The number of hydrogen-bond donors (Lipinski definition) is 0. The van der Waals surface area contributed by atoms with Crippen LogP contribution in [0.15, 0.2) is 36.7 Å². The molecule has 0 aliphatic heterocycles. The number of rotatable bonds is 2. The maximum absolute atomic E-state index is 13.6. The Balaban J connectivity index is 2.34. The largest absolute Gasteiger partial charge is 0.456 e. The predicted molar refractivity (Wildman–Crippen MR) is 72.6 cm³/mol. The van der Waals surface area contributed by atoms with Crippen molar-refractivity contribution >= 4 is 5.97 Å². The molecule has 2 heterocycles. The van der Waals surface area contributed by atoms with E-state index in [1.807, 2.05) is 0 Å². The Hall–Kier alpha value is -2.30. The smallest absolute Gasteiger partial charge is 0.338 e. The van der Waals surface area contributed by atoms with Crippen LogP contribution in [-0.2, 0) is 4.74 Å². The third-order valence-corrected chi connectivity index (χ3v) is 2.43. The van der Waals surface area contributed by atoms with Crippen LogP contribution in [0.4, 0.5) is 4.39 Å². The molecule has 2 rings (SSSR count). The number of halogens is 1. The molecule has 0 saturated heterocycles. The topological polar surface area (TPSA) is 52.1 Å². The number of esters is 1. The summed E-state index contributed by atoms with van der Waals surface area (Å²) < 4.78 is 18.9. The summed E-state index contributed by atoms with van der Waals surface area (Å²) in [5.74, 6) is -1.09. The van der Waals surface area contributed by atoms with Gasteiger partial charge in [-0.05, 0) is 45.0 Å². The molecule has 0 aliphatic carbocycles. The Kier molecular flexibility index (Phi) is 3.79. The fourth-order valence-electron chi connectivity index (χ4n) is 1.62. The Bertz CT molecular complexity index is 636. The molecule has 0 radical (unpaired) electrons. The van der Waals surface area contributed by atoms with Gasteiger partial charge in [-0.25, -0.2) is 9.78 Å². The lowest BCUT2D eigenvalue weighted by molar-refractivity contribution is 0.00694. The molecule has 2 aromatic rings. The van der Waals surface area contributed by atoms with E-state index >= 15 is 0 Å². The van der Waals surface area contributed by atoms with Gasteiger partial charge in [0.15, 0.2) is 0 Å². The zero-order chi connectivity index (χ0) is 14.8. The van der Waals surface area contributed by atoms with E-state index in [4.69, 9.17) is 4.74 Å². The molecular weight excluding hydrogens is 259 g/mol. The lowest BCUT2D eigenvalue weighted by Gasteiger charge is -2.19. The monoisotopic (exact) mass is 274 g/mol. The second kappa shape index (κ2) is 5.36. The summed E-state index contributed by atoms with van der Waals surface area (Å²) in [6.07, 6.45) is 2.80. The van der Waals surface area contributed by atoms with Gasteiger partial charge in [-0.2, -0.15) is 4.39 Å². The van der Waals surface area contributed by atoms with Crippen LogP contribution in [0.2, 0.25) is 0 Å². The molecule has 0 bridgehead atoms. The molecule has 0 aliphatic rings. The van der Waals surface area contributed by atoms with Gasteiger partial charge in [0.25, 0.3) is 0 Å². The molecule has 5 heteroatoms. The highest BCUT2D eigenvalue weighted by Crippen LogP contribution is 2.21. The normalized spacial score (nSPS) is 11.2. The summed E-state index contributed by atoms with van der Waals surface area (Å²) >= 11 is 0. The first-order valence-electron chi connectivity index (χ1n) is 6.17. The second-order valence-corrected chi connectivity index (χ2v) is 5.27. The van der Waals surface area contributed by atoms with E-state index in [1.165, 1.54) is 24.5 Å². The van der Waals surface area contributed by atoms with Crippen LogP contribution >= 0.6 is 0 Å². The highest BCUT2D eigenvalue weighted by molar-refractivity contribution is 5.90. The Morgan fingerprint density at radius 1 is 1.20 bits per heavy atom. The van der Waals surface area contributed by atoms with E-state index in [1.54, 1.807) is 32.9 Å². The minimum Gasteiger partial charge on any atom is -0.456 e. The standard InChI is InChI=1S/C15H15FN2O2/c1-15(2,3)20-14(19)10-6-8-17-12(9-10)11-5-4-7-18-13(11)16/h4-9H,1-3H3. The highest BCUT2D eigenvalue weighted by Gasteiger charge is 2.18. The summed E-state index contributed by atoms with van der Waals surface area (Å²) in [5.41, 5.74) is 0.338. The van der Waals surface area contributed by atoms with Gasteiger partial charge in [0, 0.05) is 12.4 Å². The molecule has 0 amide bonds. The van der Waals surface area contributed by atoms with Crippen LogP contribution in [0.1, 0.15) is 31.1 Å². The third kappa shape index (κ3) is 3.38. The Morgan fingerprint density at radius 3 is 2.60 bits per heavy atom. The Morgan fingerprint density at radius 2 is 1.95 bits per heavy atom. The molecule has 0 N–H and O–H groups in total. The molecule has 0 aromatic carbocycles. The van der Waals surface area contributed by atoms with Gasteiger partial charge in [-0.15, -0.1) is 0 Å². The predicted octanol–water partition coefficient (Wildman–Crippen LogP) is 3.24. The summed E-state index contributed by atoms with van der Waals surface area (Å²) in [6, 6.07) is 6.20. The minimum atomic E-state index is -0.624. The van der Waals surface area contributed by atoms with E-state index in [-0.39, 0.29) is 5.56 Å². The third-order valence-electron chi connectivity index (χ3n) is 2.43. The zero-order valence-corrected chi connectivity index (χ0v) is 11.6. The van der Waals surface area contributed by atoms with Crippen LogP contribution in [0.3, 0.4) is 0 Å². The van der Waals surface area contributed by atoms with Gasteiger partial charge < -0.3 is 4.74 Å². The van der Waals surface area contributed by atoms with Crippen molar-refractivity contribution in [3.8, 4) is 11.3 Å². The zero-order valence-electron chi connectivity index (χ0n) is 11.6. The molecule has 0 unspecified atom stereocenters. The SMILES string of the molecule is CC(C)(C)OC(=O)c1ccnc(-c2cccnc2F)c1. The number of ether oxygens (including phenoxy) is 1. The van der Waals surface area contributed by atoms with Gasteiger partial charge in [-0.3, -0.25) is 4.98 Å². The fourth-order valence-corrected chi connectivity index (χ4v) is 1.62. The molecular formula is C15H15FN2O2. The molecule has 2 aromatic heterocycles. The van der Waals surface area contributed by atoms with E-state index in [0.29, 0.717) is 11.3 Å². The van der Waals surface area contributed by atoms with Crippen molar-refractivity contribution in [2.45, 2.75) is 26.4 Å². The number of hydrogen-bond acceptors (Lipinski definition) is 4. The van der Waals surface area contributed by atoms with Gasteiger partial charge in [0.1, 0.15) is 5.60 Å². The first-order valence-corrected chi connectivity index (χ1v) is 6.17. The van der Waals surface area contributed by atoms with E-state index in [0.717, 1.165) is 0 Å². The van der Waals surface area contributed by atoms with E-state index in [2.05, 4.69) is 9.97 Å². The molecule has 0 spiro atoms. The quantitative estimate of drug-likeness (QED) is 0.623. The van der Waals surface area contributed by atoms with Crippen molar-refractivity contribution in [2.24, 2.45) is 0 Å². The number of nitrogens with zero attached hydrogens (tertiary/aromatic N) is 2. The highest BCUT2D eigenvalue weighted by atomic mass is 19.1. The van der Waals surface area contributed by atoms with Crippen LogP contribution < -0.4 is 0 Å². The minimum absolute atomic E-state index is 0.248. The lowest BCUT2D eigenvalue weighted by atomic mass is 10.1. The van der Waals surface area contributed by atoms with Gasteiger partial charge in [-0.1, -0.05) is 0 Å². The summed E-state index contributed by atoms with van der Waals surface area (Å²) in [7, 11) is 0. The van der Waals surface area contributed by atoms with E-state index < -0.39 is 17.5 Å². The molecule has 0 saturated carbocycles. The van der Waals surface area contributed by atoms with Crippen molar-refractivity contribution in [3.63, 3.8) is 0 Å². The van der Waals surface area contributed by atoms with Crippen LogP contribution in [-0.4, -0.2) is 21.5 Å². The molecule has 0 fully saturated rings. The average molecular weight is 274 g/mol. The number of carbonyl (C=O) groups excluding carboxylic acids is 1. The fraction of sp³-hybridized carbons (Fsp3) is 0.267. The van der Waals surface area contributed by atoms with Crippen molar-refractivity contribution in [2.75, 3.05) is 0 Å². The summed E-state index contributed by atoms with van der Waals surface area (Å²) in [5, 5.41) is 0. The molecule has 0 atom stereocenters. The first-order chi connectivity index (χ1) is 9.37. The second-order valence-electron chi connectivity index (χ2n) is 5.27. The van der Waals surface area contributed by atoms with Gasteiger partial charge in [0.05, 0.1) is 16.8 Å². The van der Waals surface area contributed by atoms with Crippen molar-refractivity contribution in [1.29, 1.82) is 0 Å². The van der Waals surface area contributed by atoms with Crippen LogP contribution in [0.5, 0.6) is 0 Å². The Labute approximate surface area is 116 Å². The van der Waals surface area contributed by atoms with Crippen molar-refractivity contribution in [3.05, 3.63) is 48.2 Å². The first kappa shape index (κ1) is 14.1. The molecule has 20 heavy (non-hydrogen) atoms. The summed E-state index contributed by atoms with van der Waals surface area (Å²) in [6.45, 7) is 5.36. The number of aromatic nitrogens is 2. The molecule has 104 valence electrons. The number of carbonyl (C=O) groups is 1. The summed E-state index contributed by atoms with van der Waals surface area (Å²) in [4.78, 5) is 19.6. The van der Waals surface area contributed by atoms with Gasteiger partial charge >= 0.3 is 5.97 Å². The van der Waals surface area contributed by atoms with Gasteiger partial charge in [0.2, 0.25) is 5.95 Å². The maximum atomic E-state index is 13.6. The van der Waals surface area contributed by atoms with Crippen molar-refractivity contribution in [1.82, 2.24) is 9.97 Å². The van der Waals surface area contributed by atoms with Crippen LogP contribution in [0, 0.1) is 5.95 Å². The molecule has 4 nitrogen and oxygen atoms in total. The number of pyridine rings is 2.